The first-order valence-electron chi connectivity index (χ1n) is 4.53. The van der Waals surface area contributed by atoms with E-state index in [1.807, 2.05) is 0 Å². The van der Waals surface area contributed by atoms with Crippen molar-refractivity contribution in [1.29, 1.82) is 0 Å². The highest BCUT2D eigenvalue weighted by molar-refractivity contribution is 5.77. The van der Waals surface area contributed by atoms with E-state index in [9.17, 15) is 0 Å². The fourth-order valence-corrected chi connectivity index (χ4v) is 1.46. The Morgan fingerprint density at radius 3 is 2.00 bits per heavy atom. The van der Waals surface area contributed by atoms with Crippen molar-refractivity contribution in [3.05, 3.63) is 0 Å². The molecule has 0 aromatic carbocycles. The van der Waals surface area contributed by atoms with Gasteiger partial charge in [-0.05, 0) is 13.3 Å². The van der Waals surface area contributed by atoms with Crippen LogP contribution in [0.2, 0.25) is 0 Å². The summed E-state index contributed by atoms with van der Waals surface area (Å²) in [6, 6.07) is 0. The van der Waals surface area contributed by atoms with Crippen LogP contribution in [0.25, 0.3) is 0 Å². The molecule has 0 radical (unpaired) electrons. The van der Waals surface area contributed by atoms with Crippen molar-refractivity contribution in [2.24, 2.45) is 0 Å². The van der Waals surface area contributed by atoms with Crippen LogP contribution in [0.15, 0.2) is 0 Å². The Hall–Kier alpha value is -0.200. The smallest absolute Gasteiger partial charge is 0.149 e. The van der Waals surface area contributed by atoms with Crippen LogP contribution in [0.4, 0.5) is 0 Å². The first-order valence-corrected chi connectivity index (χ1v) is 5.77. The van der Waals surface area contributed by atoms with Crippen molar-refractivity contribution >= 4 is 5.71 Å². The summed E-state index contributed by atoms with van der Waals surface area (Å²) in [4.78, 5) is 0. The van der Waals surface area contributed by atoms with Crippen LogP contribution in [0.1, 0.15) is 33.1 Å². The van der Waals surface area contributed by atoms with Crippen molar-refractivity contribution in [2.75, 3.05) is 13.1 Å². The highest BCUT2D eigenvalue weighted by atomic mass is 35.7. The van der Waals surface area contributed by atoms with Gasteiger partial charge in [0.25, 0.3) is 0 Å². The molecule has 0 spiro atoms. The summed E-state index contributed by atoms with van der Waals surface area (Å²) < 4.78 is 36.4. The van der Waals surface area contributed by atoms with Gasteiger partial charge in [-0.2, -0.15) is 0 Å². The van der Waals surface area contributed by atoms with E-state index in [4.69, 9.17) is 18.6 Å². The van der Waals surface area contributed by atoms with E-state index in [2.05, 4.69) is 18.4 Å². The third-order valence-corrected chi connectivity index (χ3v) is 2.14. The van der Waals surface area contributed by atoms with Gasteiger partial charge in [-0.1, -0.05) is 0 Å². The average Bonchev–Trinajstić information content (AvgIpc) is 2.02. The first-order chi connectivity index (χ1) is 6.34. The zero-order valence-electron chi connectivity index (χ0n) is 8.49. The van der Waals surface area contributed by atoms with Gasteiger partial charge in [0, 0.05) is 19.8 Å². The molecule has 1 heterocycles. The Bertz CT molecular complexity index is 194. The quantitative estimate of drug-likeness (QED) is 0.442. The van der Waals surface area contributed by atoms with E-state index < -0.39 is 10.2 Å². The number of hydrogen-bond acceptors (Lipinski definition) is 4. The molecule has 0 aromatic rings. The maximum absolute atomic E-state index is 8.49. The zero-order chi connectivity index (χ0) is 11.2. The van der Waals surface area contributed by atoms with Gasteiger partial charge in [0.15, 0.2) is 0 Å². The Balaban J connectivity index is 0.000000292. The summed E-state index contributed by atoms with van der Waals surface area (Å²) in [7, 11) is -4.94. The molecule has 84 valence electrons. The van der Waals surface area contributed by atoms with Gasteiger partial charge < -0.3 is 0 Å². The van der Waals surface area contributed by atoms with E-state index in [1.54, 1.807) is 5.71 Å². The molecule has 0 saturated heterocycles. The molecule has 0 N–H and O–H groups in total. The van der Waals surface area contributed by atoms with Crippen LogP contribution < -0.4 is 18.6 Å². The van der Waals surface area contributed by atoms with Gasteiger partial charge in [0.1, 0.15) is 18.8 Å². The topological polar surface area (TPSA) is 95.2 Å². The van der Waals surface area contributed by atoms with Gasteiger partial charge in [-0.3, -0.25) is 0 Å². The molecule has 1 aliphatic rings. The SMILES string of the molecule is CC[N+]1=C(C)CCCC1.[O-][Cl+3]([O-])([O-])[O-]. The van der Waals surface area contributed by atoms with Crippen LogP contribution in [-0.4, -0.2) is 23.4 Å². The van der Waals surface area contributed by atoms with Gasteiger partial charge >= 0.3 is 0 Å². The molecule has 0 bridgehead atoms. The van der Waals surface area contributed by atoms with Gasteiger partial charge in [-0.15, -0.1) is 10.2 Å². The van der Waals surface area contributed by atoms with E-state index in [-0.39, 0.29) is 0 Å². The summed E-state index contributed by atoms with van der Waals surface area (Å²) >= 11 is 0. The molecule has 0 aromatic heterocycles. The molecule has 1 rings (SSSR count). The molecular formula is C8H16ClNO4. The third-order valence-electron chi connectivity index (χ3n) is 2.14. The molecule has 0 saturated carbocycles. The van der Waals surface area contributed by atoms with Gasteiger partial charge in [-0.25, -0.2) is 23.2 Å². The minimum Gasteiger partial charge on any atom is -0.238 e. The molecule has 0 atom stereocenters. The Kier molecular flexibility index (Phi) is 6.22. The Morgan fingerprint density at radius 1 is 1.21 bits per heavy atom. The molecule has 0 aliphatic carbocycles. The molecule has 5 nitrogen and oxygen atoms in total. The summed E-state index contributed by atoms with van der Waals surface area (Å²) in [6.45, 7) is 6.98. The lowest BCUT2D eigenvalue weighted by Crippen LogP contribution is -2.68. The summed E-state index contributed by atoms with van der Waals surface area (Å²) in [5.74, 6) is 0. The van der Waals surface area contributed by atoms with E-state index in [0.29, 0.717) is 0 Å². The van der Waals surface area contributed by atoms with Crippen LogP contribution >= 0.6 is 0 Å². The minimum absolute atomic E-state index is 1.20. The number of nitrogens with zero attached hydrogens (tertiary/aromatic N) is 1. The van der Waals surface area contributed by atoms with Crippen molar-refractivity contribution in [3.63, 3.8) is 0 Å². The number of halogens is 1. The monoisotopic (exact) mass is 225 g/mol. The van der Waals surface area contributed by atoms with Crippen LogP contribution in [0, 0.1) is 10.2 Å². The normalized spacial score (nSPS) is 17.6. The van der Waals surface area contributed by atoms with Crippen LogP contribution in [0.3, 0.4) is 0 Å². The fraction of sp³-hybridized carbons (Fsp3) is 0.875. The molecular weight excluding hydrogens is 210 g/mol. The second kappa shape index (κ2) is 6.31. The molecule has 0 fully saturated rings. The lowest BCUT2D eigenvalue weighted by atomic mass is 10.1. The standard InChI is InChI=1S/C8H16N.ClHO4/c1-3-9-7-5-4-6-8(9)2;2-1(3,4)5/h3-7H2,1-2H3;(H,2,3,4,5)/q+1;/p-1. The number of hydrogen-bond donors (Lipinski definition) is 0. The summed E-state index contributed by atoms with van der Waals surface area (Å²) in [6.07, 6.45) is 4.13. The molecule has 0 unspecified atom stereocenters. The first kappa shape index (κ1) is 13.8. The largest absolute Gasteiger partial charge is 0.238 e. The van der Waals surface area contributed by atoms with Crippen molar-refractivity contribution in [1.82, 2.24) is 0 Å². The number of rotatable bonds is 1. The molecule has 1 aliphatic heterocycles. The molecule has 0 amide bonds. The zero-order valence-corrected chi connectivity index (χ0v) is 9.25. The second-order valence-electron chi connectivity index (χ2n) is 3.15. The predicted octanol–water partition coefficient (Wildman–Crippen LogP) is -3.09. The fourth-order valence-electron chi connectivity index (χ4n) is 1.46. The van der Waals surface area contributed by atoms with Crippen molar-refractivity contribution in [2.45, 2.75) is 33.1 Å². The van der Waals surface area contributed by atoms with Crippen LogP contribution in [-0.2, 0) is 0 Å². The summed E-state index contributed by atoms with van der Waals surface area (Å²) in [5.41, 5.74) is 1.59. The van der Waals surface area contributed by atoms with Crippen LogP contribution in [0.5, 0.6) is 0 Å². The molecule has 6 heteroatoms. The lowest BCUT2D eigenvalue weighted by Gasteiger charge is -2.17. The lowest BCUT2D eigenvalue weighted by molar-refractivity contribution is -2.00. The van der Waals surface area contributed by atoms with E-state index in [0.717, 1.165) is 0 Å². The van der Waals surface area contributed by atoms with Crippen molar-refractivity contribution in [3.8, 4) is 0 Å². The maximum Gasteiger partial charge on any atom is 0.149 e. The Morgan fingerprint density at radius 2 is 1.71 bits per heavy atom. The van der Waals surface area contributed by atoms with E-state index >= 15 is 0 Å². The minimum atomic E-state index is -4.94. The van der Waals surface area contributed by atoms with Gasteiger partial charge in [0.2, 0.25) is 0 Å². The third kappa shape index (κ3) is 8.40. The summed E-state index contributed by atoms with van der Waals surface area (Å²) in [5, 5.41) is 0. The Labute approximate surface area is 86.0 Å². The van der Waals surface area contributed by atoms with Crippen molar-refractivity contribution < 1.29 is 33.5 Å². The average molecular weight is 226 g/mol. The van der Waals surface area contributed by atoms with Gasteiger partial charge in [0.05, 0.1) is 0 Å². The van der Waals surface area contributed by atoms with E-state index in [1.165, 1.54) is 32.4 Å². The highest BCUT2D eigenvalue weighted by Gasteiger charge is 2.12. The maximum atomic E-state index is 8.49. The highest BCUT2D eigenvalue weighted by Crippen LogP contribution is 2.04. The second-order valence-corrected chi connectivity index (χ2v) is 3.91. The predicted molar refractivity (Wildman–Crippen MR) is 40.2 cm³/mol. The molecule has 14 heavy (non-hydrogen) atoms.